The molecule has 10 nitrogen and oxygen atoms in total. The summed E-state index contributed by atoms with van der Waals surface area (Å²) in [5.74, 6) is -6.04. The molecule has 0 heterocycles. The van der Waals surface area contributed by atoms with E-state index in [9.17, 15) is 29.1 Å². The number of hydrogen-bond acceptors (Lipinski definition) is 7. The summed E-state index contributed by atoms with van der Waals surface area (Å²) in [6, 6.07) is 16.2. The van der Waals surface area contributed by atoms with Crippen LogP contribution in [0.2, 0.25) is 0 Å². The molecule has 1 saturated carbocycles. The van der Waals surface area contributed by atoms with Gasteiger partial charge in [-0.2, -0.15) is 0 Å². The second-order valence-corrected chi connectivity index (χ2v) is 9.68. The van der Waals surface area contributed by atoms with Gasteiger partial charge in [0.2, 0.25) is 11.8 Å². The molecular formula is C29H34N2O8. The fraction of sp³-hybridized carbons (Fsp3) is 0.414. The zero-order valence-corrected chi connectivity index (χ0v) is 22.0. The van der Waals surface area contributed by atoms with Crippen LogP contribution in [-0.4, -0.2) is 61.1 Å². The number of esters is 2. The highest BCUT2D eigenvalue weighted by Crippen LogP contribution is 2.34. The molecule has 3 rings (SSSR count). The number of carbonyl (C=O) groups is 5. The molecule has 2 aromatic rings. The van der Waals surface area contributed by atoms with Crippen LogP contribution < -0.4 is 10.6 Å². The highest BCUT2D eigenvalue weighted by molar-refractivity contribution is 5.89. The van der Waals surface area contributed by atoms with Crippen molar-refractivity contribution in [3.05, 3.63) is 71.8 Å². The number of nitrogens with one attached hydrogen (secondary N) is 2. The van der Waals surface area contributed by atoms with E-state index in [0.29, 0.717) is 0 Å². The molecule has 0 spiro atoms. The third-order valence-corrected chi connectivity index (χ3v) is 6.97. The molecule has 0 bridgehead atoms. The number of aliphatic carboxylic acids is 1. The van der Waals surface area contributed by atoms with Crippen LogP contribution in [0, 0.1) is 17.8 Å². The first-order valence-corrected chi connectivity index (χ1v) is 12.8. The lowest BCUT2D eigenvalue weighted by Crippen LogP contribution is -2.50. The Morgan fingerprint density at radius 3 is 1.38 bits per heavy atom. The molecule has 39 heavy (non-hydrogen) atoms. The zero-order chi connectivity index (χ0) is 28.4. The number of rotatable bonds is 11. The van der Waals surface area contributed by atoms with Gasteiger partial charge in [-0.1, -0.05) is 60.7 Å². The Bertz CT molecular complexity index is 1070. The molecule has 0 saturated heterocycles. The number of ether oxygens (including phenoxy) is 2. The normalized spacial score (nSPS) is 20.1. The number of carboxylic acids is 1. The maximum Gasteiger partial charge on any atom is 0.328 e. The largest absolute Gasteiger partial charge is 0.481 e. The van der Waals surface area contributed by atoms with E-state index in [4.69, 9.17) is 9.47 Å². The van der Waals surface area contributed by atoms with Gasteiger partial charge in [-0.15, -0.1) is 0 Å². The lowest BCUT2D eigenvalue weighted by molar-refractivity contribution is -0.150. The molecule has 1 aliphatic carbocycles. The summed E-state index contributed by atoms with van der Waals surface area (Å²) in [5.41, 5.74) is 1.62. The third kappa shape index (κ3) is 8.39. The molecule has 208 valence electrons. The number of amides is 2. The molecule has 1 fully saturated rings. The average Bonchev–Trinajstić information content (AvgIpc) is 2.96. The van der Waals surface area contributed by atoms with Crippen LogP contribution in [0.1, 0.15) is 30.4 Å². The van der Waals surface area contributed by atoms with E-state index in [2.05, 4.69) is 10.6 Å². The van der Waals surface area contributed by atoms with Gasteiger partial charge in [-0.05, 0) is 30.4 Å². The van der Waals surface area contributed by atoms with Gasteiger partial charge in [0.1, 0.15) is 12.1 Å². The maximum absolute atomic E-state index is 13.3. The minimum atomic E-state index is -1.12. The number of benzene rings is 2. The predicted octanol–water partition coefficient (Wildman–Crippen LogP) is 1.90. The van der Waals surface area contributed by atoms with E-state index < -0.39 is 59.6 Å². The van der Waals surface area contributed by atoms with E-state index in [1.54, 1.807) is 0 Å². The number of carbonyl (C=O) groups excluding carboxylic acids is 4. The van der Waals surface area contributed by atoms with Crippen LogP contribution in [0.5, 0.6) is 0 Å². The van der Waals surface area contributed by atoms with Crippen molar-refractivity contribution in [3.63, 3.8) is 0 Å². The number of hydrogen-bond donors (Lipinski definition) is 3. The van der Waals surface area contributed by atoms with Crippen LogP contribution in [-0.2, 0) is 46.3 Å². The summed E-state index contributed by atoms with van der Waals surface area (Å²) in [4.78, 5) is 63.2. The minimum Gasteiger partial charge on any atom is -0.481 e. The van der Waals surface area contributed by atoms with Crippen molar-refractivity contribution in [2.75, 3.05) is 14.2 Å². The summed E-state index contributed by atoms with van der Waals surface area (Å²) in [7, 11) is 2.45. The van der Waals surface area contributed by atoms with E-state index >= 15 is 0 Å². The fourth-order valence-corrected chi connectivity index (χ4v) is 4.90. The quantitative estimate of drug-likeness (QED) is 0.368. The molecule has 2 amide bonds. The fourth-order valence-electron chi connectivity index (χ4n) is 4.90. The molecular weight excluding hydrogens is 504 g/mol. The Morgan fingerprint density at radius 1 is 0.692 bits per heavy atom. The highest BCUT2D eigenvalue weighted by Gasteiger charge is 2.41. The van der Waals surface area contributed by atoms with Crippen LogP contribution in [0.25, 0.3) is 0 Å². The van der Waals surface area contributed by atoms with Gasteiger partial charge in [0.05, 0.1) is 20.1 Å². The lowest BCUT2D eigenvalue weighted by Gasteiger charge is -2.33. The Hall–Kier alpha value is -4.21. The van der Waals surface area contributed by atoms with Gasteiger partial charge in [0.15, 0.2) is 0 Å². The van der Waals surface area contributed by atoms with Gasteiger partial charge in [0.25, 0.3) is 0 Å². The van der Waals surface area contributed by atoms with Crippen molar-refractivity contribution in [2.24, 2.45) is 17.8 Å². The van der Waals surface area contributed by atoms with E-state index in [-0.39, 0.29) is 32.1 Å². The van der Waals surface area contributed by atoms with Crippen molar-refractivity contribution in [1.82, 2.24) is 10.6 Å². The van der Waals surface area contributed by atoms with Gasteiger partial charge < -0.3 is 25.2 Å². The Kier molecular flexibility index (Phi) is 10.6. The second kappa shape index (κ2) is 14.1. The smallest absolute Gasteiger partial charge is 0.328 e. The molecule has 0 aliphatic heterocycles. The van der Waals surface area contributed by atoms with Gasteiger partial charge in [-0.25, -0.2) is 9.59 Å². The predicted molar refractivity (Wildman–Crippen MR) is 140 cm³/mol. The van der Waals surface area contributed by atoms with Gasteiger partial charge >= 0.3 is 17.9 Å². The molecule has 1 aliphatic rings. The van der Waals surface area contributed by atoms with Crippen LogP contribution >= 0.6 is 0 Å². The van der Waals surface area contributed by atoms with E-state index in [1.165, 1.54) is 14.2 Å². The van der Waals surface area contributed by atoms with Crippen molar-refractivity contribution in [3.8, 4) is 0 Å². The van der Waals surface area contributed by atoms with Gasteiger partial charge in [-0.3, -0.25) is 14.4 Å². The Balaban J connectivity index is 1.73. The van der Waals surface area contributed by atoms with Crippen molar-refractivity contribution < 1.29 is 38.6 Å². The monoisotopic (exact) mass is 538 g/mol. The Labute approximate surface area is 227 Å². The summed E-state index contributed by atoms with van der Waals surface area (Å²) >= 11 is 0. The van der Waals surface area contributed by atoms with Crippen LogP contribution in [0.4, 0.5) is 0 Å². The van der Waals surface area contributed by atoms with Crippen molar-refractivity contribution >= 4 is 29.7 Å². The summed E-state index contributed by atoms with van der Waals surface area (Å²) in [5, 5.41) is 15.1. The summed E-state index contributed by atoms with van der Waals surface area (Å²) in [6.07, 6.45) is 0.500. The molecule has 5 atom stereocenters. The minimum absolute atomic E-state index is 0.0224. The lowest BCUT2D eigenvalue weighted by atomic mass is 9.74. The highest BCUT2D eigenvalue weighted by atomic mass is 16.5. The summed E-state index contributed by atoms with van der Waals surface area (Å²) in [6.45, 7) is 0. The average molecular weight is 539 g/mol. The standard InChI is InChI=1S/C29H34N2O8/c1-38-28(36)23(13-18-9-5-3-6-10-18)30-25(32)20-15-21(17-22(16-20)27(34)35)26(33)31-24(29(37)39-2)14-19-11-7-4-8-12-19/h3-12,20-24H,13-17H2,1-2H3,(H,30,32)(H,31,33)(H,34,35)/t20-,21+,22-,23-,24-/m0/s1. The number of carboxylic acid groups (broad SMARTS) is 1. The van der Waals surface area contributed by atoms with Crippen LogP contribution in [0.15, 0.2) is 60.7 Å². The first-order chi connectivity index (χ1) is 18.7. The third-order valence-electron chi connectivity index (χ3n) is 6.97. The van der Waals surface area contributed by atoms with Crippen LogP contribution in [0.3, 0.4) is 0 Å². The molecule has 0 aromatic heterocycles. The number of methoxy groups -OCH3 is 2. The summed E-state index contributed by atoms with van der Waals surface area (Å²) < 4.78 is 9.72. The SMILES string of the molecule is COC(=O)[C@H](Cc1ccccc1)NC(=O)[C@@H]1C[C@H](C(=O)O)C[C@H](C(=O)N[C@@H](Cc2ccccc2)C(=O)OC)C1. The van der Waals surface area contributed by atoms with E-state index in [0.717, 1.165) is 11.1 Å². The molecule has 10 heteroatoms. The molecule has 3 N–H and O–H groups in total. The maximum atomic E-state index is 13.3. The molecule has 2 aromatic carbocycles. The van der Waals surface area contributed by atoms with Gasteiger partial charge in [0, 0.05) is 24.7 Å². The first-order valence-electron chi connectivity index (χ1n) is 12.8. The first kappa shape index (κ1) is 29.3. The second-order valence-electron chi connectivity index (χ2n) is 9.68. The topological polar surface area (TPSA) is 148 Å². The zero-order valence-electron chi connectivity index (χ0n) is 22.0. The molecule has 0 radical (unpaired) electrons. The van der Waals surface area contributed by atoms with Crippen molar-refractivity contribution in [2.45, 2.75) is 44.2 Å². The molecule has 0 unspecified atom stereocenters. The Morgan fingerprint density at radius 2 is 1.05 bits per heavy atom. The van der Waals surface area contributed by atoms with Crippen molar-refractivity contribution in [1.29, 1.82) is 0 Å². The van der Waals surface area contributed by atoms with E-state index in [1.807, 2.05) is 60.7 Å².